The highest BCUT2D eigenvalue weighted by Crippen LogP contribution is 2.31. The van der Waals surface area contributed by atoms with Gasteiger partial charge in [0, 0.05) is 22.3 Å². The Balaban J connectivity index is 1.66. The van der Waals surface area contributed by atoms with Crippen molar-refractivity contribution in [1.29, 1.82) is 0 Å². The summed E-state index contributed by atoms with van der Waals surface area (Å²) in [5.74, 6) is -0.161. The summed E-state index contributed by atoms with van der Waals surface area (Å²) in [7, 11) is 0. The fourth-order valence-corrected chi connectivity index (χ4v) is 3.84. The summed E-state index contributed by atoms with van der Waals surface area (Å²) < 4.78 is 0. The Morgan fingerprint density at radius 1 is 0.714 bits per heavy atom. The molecule has 0 bridgehead atoms. The first-order valence-corrected chi connectivity index (χ1v) is 9.51. The summed E-state index contributed by atoms with van der Waals surface area (Å²) in [6, 6.07) is 25.3. The number of hydrogen-bond acceptors (Lipinski definition) is 5. The normalized spacial score (nSPS) is 10.6. The van der Waals surface area contributed by atoms with Gasteiger partial charge in [0.15, 0.2) is 5.78 Å². The van der Waals surface area contributed by atoms with Crippen LogP contribution >= 0.6 is 11.3 Å². The van der Waals surface area contributed by atoms with Crippen molar-refractivity contribution in [3.8, 4) is 10.6 Å². The molecular weight excluding hydrogens is 368 g/mol. The van der Waals surface area contributed by atoms with E-state index in [1.807, 2.05) is 48.5 Å². The number of nitrogens with zero attached hydrogens (tertiary/aromatic N) is 1. The van der Waals surface area contributed by atoms with Crippen molar-refractivity contribution >= 4 is 28.7 Å². The van der Waals surface area contributed by atoms with Crippen molar-refractivity contribution in [3.05, 3.63) is 106 Å². The number of aromatic nitrogens is 1. The number of nitrogens with two attached hydrogens (primary N) is 1. The summed E-state index contributed by atoms with van der Waals surface area (Å²) in [5, 5.41) is 0.693. The zero-order valence-corrected chi connectivity index (χ0v) is 15.6. The van der Waals surface area contributed by atoms with Gasteiger partial charge < -0.3 is 5.73 Å². The summed E-state index contributed by atoms with van der Waals surface area (Å²) in [4.78, 5) is 30.4. The third kappa shape index (κ3) is 3.48. The van der Waals surface area contributed by atoms with Gasteiger partial charge in [-0.3, -0.25) is 9.59 Å². The molecule has 5 heteroatoms. The molecule has 0 fully saturated rings. The molecule has 0 atom stereocenters. The SMILES string of the molecule is Nc1nc(-c2ccccc2)sc1C(=O)c1cccc(C(=O)c2ccccc2)c1. The molecule has 1 heterocycles. The molecule has 4 aromatic rings. The lowest BCUT2D eigenvalue weighted by Gasteiger charge is -2.04. The Kier molecular flexibility index (Phi) is 4.83. The summed E-state index contributed by atoms with van der Waals surface area (Å²) in [6.45, 7) is 0. The number of carbonyl (C=O) groups is 2. The van der Waals surface area contributed by atoms with Gasteiger partial charge in [0.2, 0.25) is 5.78 Å². The number of benzene rings is 3. The van der Waals surface area contributed by atoms with Crippen LogP contribution in [0.3, 0.4) is 0 Å². The molecule has 0 saturated carbocycles. The minimum absolute atomic E-state index is 0.127. The van der Waals surface area contributed by atoms with E-state index < -0.39 is 0 Å². The van der Waals surface area contributed by atoms with Gasteiger partial charge in [-0.15, -0.1) is 11.3 Å². The third-order valence-corrected chi connectivity index (χ3v) is 5.42. The Morgan fingerprint density at radius 3 is 1.96 bits per heavy atom. The number of carbonyl (C=O) groups excluding carboxylic acids is 2. The van der Waals surface area contributed by atoms with E-state index in [-0.39, 0.29) is 17.4 Å². The Morgan fingerprint density at radius 2 is 1.29 bits per heavy atom. The smallest absolute Gasteiger partial charge is 0.206 e. The van der Waals surface area contributed by atoms with Gasteiger partial charge in [-0.2, -0.15) is 0 Å². The van der Waals surface area contributed by atoms with Gasteiger partial charge in [-0.05, 0) is 6.07 Å². The van der Waals surface area contributed by atoms with E-state index in [9.17, 15) is 9.59 Å². The molecule has 0 amide bonds. The lowest BCUT2D eigenvalue weighted by molar-refractivity contribution is 0.103. The van der Waals surface area contributed by atoms with Crippen LogP contribution in [0.4, 0.5) is 5.82 Å². The molecule has 0 aliphatic heterocycles. The van der Waals surface area contributed by atoms with E-state index >= 15 is 0 Å². The first kappa shape index (κ1) is 17.8. The summed E-state index contributed by atoms with van der Waals surface area (Å²) in [5.41, 5.74) is 8.38. The number of hydrogen-bond donors (Lipinski definition) is 1. The number of ketones is 2. The zero-order chi connectivity index (χ0) is 19.5. The quantitative estimate of drug-likeness (QED) is 0.499. The Bertz CT molecular complexity index is 1150. The second-order valence-electron chi connectivity index (χ2n) is 6.20. The second-order valence-corrected chi connectivity index (χ2v) is 7.20. The van der Waals surface area contributed by atoms with Crippen LogP contribution in [0.1, 0.15) is 31.2 Å². The maximum atomic E-state index is 13.0. The molecule has 3 aromatic carbocycles. The lowest BCUT2D eigenvalue weighted by atomic mass is 9.99. The number of anilines is 1. The van der Waals surface area contributed by atoms with Crippen molar-refractivity contribution in [3.63, 3.8) is 0 Å². The van der Waals surface area contributed by atoms with Crippen LogP contribution in [0.2, 0.25) is 0 Å². The first-order chi connectivity index (χ1) is 13.6. The maximum Gasteiger partial charge on any atom is 0.206 e. The van der Waals surface area contributed by atoms with Gasteiger partial charge in [0.25, 0.3) is 0 Å². The molecule has 0 radical (unpaired) electrons. The van der Waals surface area contributed by atoms with Crippen LogP contribution in [-0.2, 0) is 0 Å². The van der Waals surface area contributed by atoms with Crippen molar-refractivity contribution in [2.45, 2.75) is 0 Å². The van der Waals surface area contributed by atoms with Gasteiger partial charge in [-0.25, -0.2) is 4.98 Å². The standard InChI is InChI=1S/C23H16N2O2S/c24-22-21(28-23(25-22)16-10-5-2-6-11-16)20(27)18-13-7-12-17(14-18)19(26)15-8-3-1-4-9-15/h1-14H,24H2. The van der Waals surface area contributed by atoms with Crippen molar-refractivity contribution in [1.82, 2.24) is 4.98 Å². The molecule has 2 N–H and O–H groups in total. The molecule has 0 saturated heterocycles. The molecule has 4 nitrogen and oxygen atoms in total. The predicted molar refractivity (Wildman–Crippen MR) is 112 cm³/mol. The fraction of sp³-hybridized carbons (Fsp3) is 0. The predicted octanol–water partition coefficient (Wildman–Crippen LogP) is 4.85. The lowest BCUT2D eigenvalue weighted by Crippen LogP contribution is -2.06. The van der Waals surface area contributed by atoms with Crippen molar-refractivity contribution < 1.29 is 9.59 Å². The van der Waals surface area contributed by atoms with E-state index in [0.717, 1.165) is 5.56 Å². The minimum atomic E-state index is -0.236. The van der Waals surface area contributed by atoms with E-state index in [2.05, 4.69) is 4.98 Å². The van der Waals surface area contributed by atoms with Crippen LogP contribution in [0.25, 0.3) is 10.6 Å². The monoisotopic (exact) mass is 384 g/mol. The number of thiazole rings is 1. The van der Waals surface area contributed by atoms with E-state index in [0.29, 0.717) is 26.6 Å². The maximum absolute atomic E-state index is 13.0. The van der Waals surface area contributed by atoms with Crippen LogP contribution in [-0.4, -0.2) is 16.6 Å². The topological polar surface area (TPSA) is 73.0 Å². The number of nitrogen functional groups attached to an aromatic ring is 1. The van der Waals surface area contributed by atoms with Gasteiger partial charge in [0.1, 0.15) is 15.7 Å². The van der Waals surface area contributed by atoms with Crippen LogP contribution < -0.4 is 5.73 Å². The molecule has 28 heavy (non-hydrogen) atoms. The molecule has 4 rings (SSSR count). The molecule has 0 aliphatic carbocycles. The third-order valence-electron chi connectivity index (χ3n) is 4.30. The van der Waals surface area contributed by atoms with E-state index in [1.54, 1.807) is 36.4 Å². The Labute approximate surface area is 166 Å². The first-order valence-electron chi connectivity index (χ1n) is 8.70. The minimum Gasteiger partial charge on any atom is -0.382 e. The summed E-state index contributed by atoms with van der Waals surface area (Å²) in [6.07, 6.45) is 0. The van der Waals surface area contributed by atoms with Crippen LogP contribution in [0.15, 0.2) is 84.9 Å². The van der Waals surface area contributed by atoms with Crippen molar-refractivity contribution in [2.24, 2.45) is 0 Å². The largest absolute Gasteiger partial charge is 0.382 e. The van der Waals surface area contributed by atoms with Crippen LogP contribution in [0.5, 0.6) is 0 Å². The highest BCUT2D eigenvalue weighted by Gasteiger charge is 2.20. The molecule has 0 unspecified atom stereocenters. The summed E-state index contributed by atoms with van der Waals surface area (Å²) >= 11 is 1.26. The molecule has 1 aromatic heterocycles. The van der Waals surface area contributed by atoms with Gasteiger partial charge in [-0.1, -0.05) is 78.9 Å². The second kappa shape index (κ2) is 7.58. The highest BCUT2D eigenvalue weighted by atomic mass is 32.1. The fourth-order valence-electron chi connectivity index (χ4n) is 2.89. The molecule has 0 spiro atoms. The molecule has 0 aliphatic rings. The van der Waals surface area contributed by atoms with Crippen LogP contribution in [0, 0.1) is 0 Å². The highest BCUT2D eigenvalue weighted by molar-refractivity contribution is 7.17. The molecule has 136 valence electrons. The van der Waals surface area contributed by atoms with Crippen molar-refractivity contribution in [2.75, 3.05) is 5.73 Å². The average molecular weight is 384 g/mol. The van der Waals surface area contributed by atoms with E-state index in [4.69, 9.17) is 5.73 Å². The Hall–Kier alpha value is -3.57. The van der Waals surface area contributed by atoms with E-state index in [1.165, 1.54) is 11.3 Å². The number of rotatable bonds is 5. The molecular formula is C23H16N2O2S. The van der Waals surface area contributed by atoms with Gasteiger partial charge in [0.05, 0.1) is 0 Å². The zero-order valence-electron chi connectivity index (χ0n) is 14.8. The van der Waals surface area contributed by atoms with Gasteiger partial charge >= 0.3 is 0 Å². The average Bonchev–Trinajstić information content (AvgIpc) is 3.15.